The highest BCUT2D eigenvalue weighted by Crippen LogP contribution is 2.22. The number of rotatable bonds is 4. The van der Waals surface area contributed by atoms with Crippen molar-refractivity contribution < 1.29 is 0 Å². The van der Waals surface area contributed by atoms with Gasteiger partial charge in [0.15, 0.2) is 0 Å². The quantitative estimate of drug-likeness (QED) is 0.821. The van der Waals surface area contributed by atoms with Crippen LogP contribution in [-0.2, 0) is 12.8 Å². The van der Waals surface area contributed by atoms with Crippen LogP contribution in [0.15, 0.2) is 0 Å². The molecule has 0 spiro atoms. The Hall–Kier alpha value is -1.19. The highest BCUT2D eigenvalue weighted by Gasteiger charge is 2.20. The summed E-state index contributed by atoms with van der Waals surface area (Å²) in [4.78, 5) is 6.98. The third-order valence-electron chi connectivity index (χ3n) is 3.97. The van der Waals surface area contributed by atoms with Gasteiger partial charge in [-0.25, -0.2) is 4.98 Å². The monoisotopic (exact) mass is 248 g/mol. The fourth-order valence-corrected chi connectivity index (χ4v) is 2.60. The van der Waals surface area contributed by atoms with Gasteiger partial charge in [0.1, 0.15) is 0 Å². The van der Waals surface area contributed by atoms with Crippen LogP contribution in [-0.4, -0.2) is 28.3 Å². The number of nitrogens with zero attached hydrogens (tertiary/aromatic N) is 4. The van der Waals surface area contributed by atoms with E-state index in [1.54, 1.807) is 0 Å². The summed E-state index contributed by atoms with van der Waals surface area (Å²) >= 11 is 0. The highest BCUT2D eigenvalue weighted by molar-refractivity contribution is 5.31. The molecule has 1 saturated heterocycles. The molecule has 0 aliphatic carbocycles. The normalized spacial score (nSPS) is 17.2. The molecule has 1 aromatic heterocycles. The summed E-state index contributed by atoms with van der Waals surface area (Å²) in [7, 11) is 0. The Labute approximate surface area is 110 Å². The second kappa shape index (κ2) is 6.12. The Kier molecular flexibility index (Phi) is 4.50. The van der Waals surface area contributed by atoms with E-state index in [1.807, 2.05) is 0 Å². The zero-order chi connectivity index (χ0) is 13.0. The first-order valence-corrected chi connectivity index (χ1v) is 7.25. The van der Waals surface area contributed by atoms with Crippen molar-refractivity contribution in [2.45, 2.75) is 52.9 Å². The fourth-order valence-electron chi connectivity index (χ4n) is 2.60. The summed E-state index contributed by atoms with van der Waals surface area (Å²) in [5, 5.41) is 8.63. The number of aryl methyl sites for hydroxylation is 2. The van der Waals surface area contributed by atoms with Crippen LogP contribution in [0.1, 0.15) is 51.4 Å². The molecular weight excluding hydrogens is 224 g/mol. The van der Waals surface area contributed by atoms with Crippen molar-refractivity contribution in [3.63, 3.8) is 0 Å². The smallest absolute Gasteiger partial charge is 0.245 e. The maximum absolute atomic E-state index is 4.69. The van der Waals surface area contributed by atoms with Crippen molar-refractivity contribution in [2.75, 3.05) is 18.0 Å². The predicted molar refractivity (Wildman–Crippen MR) is 73.8 cm³/mol. The van der Waals surface area contributed by atoms with E-state index in [0.29, 0.717) is 0 Å². The largest absolute Gasteiger partial charge is 0.340 e. The van der Waals surface area contributed by atoms with Gasteiger partial charge in [0.25, 0.3) is 0 Å². The summed E-state index contributed by atoms with van der Waals surface area (Å²) in [6, 6.07) is 0. The molecule has 1 aliphatic rings. The SMILES string of the molecule is CCc1nnc(N2CCC(CC)CC2)nc1CC. The van der Waals surface area contributed by atoms with Gasteiger partial charge < -0.3 is 4.90 Å². The lowest BCUT2D eigenvalue weighted by Crippen LogP contribution is -2.35. The van der Waals surface area contributed by atoms with E-state index in [0.717, 1.165) is 49.2 Å². The van der Waals surface area contributed by atoms with E-state index >= 15 is 0 Å². The zero-order valence-electron chi connectivity index (χ0n) is 11.8. The van der Waals surface area contributed by atoms with Gasteiger partial charge in [-0.15, -0.1) is 5.10 Å². The van der Waals surface area contributed by atoms with Crippen molar-refractivity contribution in [2.24, 2.45) is 5.92 Å². The molecule has 1 aromatic rings. The molecule has 0 atom stereocenters. The van der Waals surface area contributed by atoms with Crippen LogP contribution >= 0.6 is 0 Å². The van der Waals surface area contributed by atoms with Crippen LogP contribution in [0.25, 0.3) is 0 Å². The summed E-state index contributed by atoms with van der Waals surface area (Å²) in [5.41, 5.74) is 2.16. The first-order valence-electron chi connectivity index (χ1n) is 7.25. The first kappa shape index (κ1) is 13.2. The molecule has 0 saturated carbocycles. The minimum atomic E-state index is 0.832. The van der Waals surface area contributed by atoms with Gasteiger partial charge in [0.2, 0.25) is 5.95 Å². The van der Waals surface area contributed by atoms with E-state index in [9.17, 15) is 0 Å². The van der Waals surface area contributed by atoms with Crippen LogP contribution in [0, 0.1) is 5.92 Å². The zero-order valence-corrected chi connectivity index (χ0v) is 11.8. The van der Waals surface area contributed by atoms with Crippen LogP contribution in [0.2, 0.25) is 0 Å². The second-order valence-corrected chi connectivity index (χ2v) is 5.05. The van der Waals surface area contributed by atoms with E-state index in [-0.39, 0.29) is 0 Å². The Balaban J connectivity index is 2.09. The Morgan fingerprint density at radius 1 is 1.00 bits per heavy atom. The molecule has 1 aliphatic heterocycles. The van der Waals surface area contributed by atoms with Gasteiger partial charge in [-0.3, -0.25) is 0 Å². The molecule has 2 rings (SSSR count). The fraction of sp³-hybridized carbons (Fsp3) is 0.786. The number of anilines is 1. The molecule has 18 heavy (non-hydrogen) atoms. The minimum absolute atomic E-state index is 0.832. The summed E-state index contributed by atoms with van der Waals surface area (Å²) < 4.78 is 0. The number of hydrogen-bond donors (Lipinski definition) is 0. The molecule has 0 bridgehead atoms. The van der Waals surface area contributed by atoms with Gasteiger partial charge >= 0.3 is 0 Å². The average molecular weight is 248 g/mol. The molecule has 4 nitrogen and oxygen atoms in total. The van der Waals surface area contributed by atoms with Gasteiger partial charge in [-0.2, -0.15) is 5.10 Å². The lowest BCUT2D eigenvalue weighted by Gasteiger charge is -2.31. The Morgan fingerprint density at radius 2 is 1.67 bits per heavy atom. The lowest BCUT2D eigenvalue weighted by atomic mass is 9.95. The second-order valence-electron chi connectivity index (χ2n) is 5.05. The number of piperidine rings is 1. The molecule has 1 fully saturated rings. The molecule has 4 heteroatoms. The molecule has 0 aromatic carbocycles. The van der Waals surface area contributed by atoms with Crippen LogP contribution in [0.3, 0.4) is 0 Å². The Bertz CT molecular complexity index is 383. The van der Waals surface area contributed by atoms with Crippen molar-refractivity contribution >= 4 is 5.95 Å². The van der Waals surface area contributed by atoms with Crippen molar-refractivity contribution in [1.29, 1.82) is 0 Å². The van der Waals surface area contributed by atoms with E-state index in [2.05, 4.69) is 40.9 Å². The van der Waals surface area contributed by atoms with Crippen LogP contribution in [0.5, 0.6) is 0 Å². The molecule has 0 radical (unpaired) electrons. The molecule has 100 valence electrons. The molecule has 2 heterocycles. The van der Waals surface area contributed by atoms with Crippen molar-refractivity contribution in [3.05, 3.63) is 11.4 Å². The average Bonchev–Trinajstić information content (AvgIpc) is 2.46. The van der Waals surface area contributed by atoms with E-state index in [1.165, 1.54) is 19.3 Å². The highest BCUT2D eigenvalue weighted by atomic mass is 15.3. The summed E-state index contributed by atoms with van der Waals surface area (Å²) in [6.45, 7) is 8.68. The predicted octanol–water partition coefficient (Wildman–Crippen LogP) is 2.62. The molecular formula is C14H24N4. The summed E-state index contributed by atoms with van der Waals surface area (Å²) in [6.07, 6.45) is 5.67. The number of hydrogen-bond acceptors (Lipinski definition) is 4. The van der Waals surface area contributed by atoms with Crippen molar-refractivity contribution in [3.8, 4) is 0 Å². The molecule has 0 amide bonds. The van der Waals surface area contributed by atoms with Crippen LogP contribution < -0.4 is 4.90 Å². The third kappa shape index (κ3) is 2.79. The summed E-state index contributed by atoms with van der Waals surface area (Å²) in [5.74, 6) is 1.72. The standard InChI is InChI=1S/C14H24N4/c1-4-11-7-9-18(10-8-11)14-15-12(5-2)13(6-3)16-17-14/h11H,4-10H2,1-3H3. The lowest BCUT2D eigenvalue weighted by molar-refractivity contribution is 0.391. The van der Waals surface area contributed by atoms with E-state index < -0.39 is 0 Å². The van der Waals surface area contributed by atoms with Gasteiger partial charge in [0.05, 0.1) is 11.4 Å². The van der Waals surface area contributed by atoms with Crippen molar-refractivity contribution in [1.82, 2.24) is 15.2 Å². The Morgan fingerprint density at radius 3 is 2.22 bits per heavy atom. The molecule has 0 N–H and O–H groups in total. The molecule has 0 unspecified atom stereocenters. The van der Waals surface area contributed by atoms with Gasteiger partial charge in [-0.05, 0) is 31.6 Å². The minimum Gasteiger partial charge on any atom is -0.340 e. The maximum atomic E-state index is 4.69. The maximum Gasteiger partial charge on any atom is 0.245 e. The van der Waals surface area contributed by atoms with Gasteiger partial charge in [-0.1, -0.05) is 27.2 Å². The van der Waals surface area contributed by atoms with Crippen LogP contribution in [0.4, 0.5) is 5.95 Å². The first-order chi connectivity index (χ1) is 8.78. The van der Waals surface area contributed by atoms with Gasteiger partial charge in [0, 0.05) is 13.1 Å². The topological polar surface area (TPSA) is 41.9 Å². The van der Waals surface area contributed by atoms with E-state index in [4.69, 9.17) is 0 Å². The third-order valence-corrected chi connectivity index (χ3v) is 3.97. The number of aromatic nitrogens is 3.